The number of hydrogen-bond donors (Lipinski definition) is 1. The van der Waals surface area contributed by atoms with Gasteiger partial charge in [0.05, 0.1) is 0 Å². The van der Waals surface area contributed by atoms with Crippen molar-refractivity contribution in [2.24, 2.45) is 17.6 Å². The van der Waals surface area contributed by atoms with E-state index < -0.39 is 0 Å². The molecule has 1 fully saturated rings. The molecular formula is C13H26N2O. The van der Waals surface area contributed by atoms with Crippen LogP contribution in [0.3, 0.4) is 0 Å². The number of rotatable bonds is 3. The number of nitrogens with zero attached hydrogens (tertiary/aromatic N) is 1. The molecule has 0 radical (unpaired) electrons. The molecule has 94 valence electrons. The van der Waals surface area contributed by atoms with Crippen molar-refractivity contribution < 1.29 is 4.79 Å². The number of carbonyl (C=O) groups excluding carboxylic acids is 1. The van der Waals surface area contributed by atoms with Gasteiger partial charge in [0.1, 0.15) is 0 Å². The fourth-order valence-electron chi connectivity index (χ4n) is 2.08. The summed E-state index contributed by atoms with van der Waals surface area (Å²) in [6, 6.07) is 0.00757. The van der Waals surface area contributed by atoms with E-state index in [-0.39, 0.29) is 11.9 Å². The standard InChI is InChI=1S/C13H26N2O/c1-10(2)12(14)9-13(16)15-7-4-5-11(3)6-8-15/h10-12H,4-9,14H2,1-3H3. The van der Waals surface area contributed by atoms with Gasteiger partial charge in [-0.25, -0.2) is 0 Å². The first-order valence-corrected chi connectivity index (χ1v) is 6.54. The van der Waals surface area contributed by atoms with E-state index in [4.69, 9.17) is 5.73 Å². The first kappa shape index (κ1) is 13.5. The maximum absolute atomic E-state index is 12.0. The zero-order valence-electron chi connectivity index (χ0n) is 10.9. The van der Waals surface area contributed by atoms with Crippen LogP contribution in [0.2, 0.25) is 0 Å². The van der Waals surface area contributed by atoms with Crippen LogP contribution in [-0.2, 0) is 4.79 Å². The fraction of sp³-hybridized carbons (Fsp3) is 0.923. The second kappa shape index (κ2) is 6.24. The van der Waals surface area contributed by atoms with Crippen LogP contribution in [0.25, 0.3) is 0 Å². The Balaban J connectivity index is 2.41. The van der Waals surface area contributed by atoms with Gasteiger partial charge in [0.15, 0.2) is 0 Å². The van der Waals surface area contributed by atoms with E-state index in [0.717, 1.165) is 31.8 Å². The van der Waals surface area contributed by atoms with Crippen molar-refractivity contribution in [1.82, 2.24) is 4.90 Å². The quantitative estimate of drug-likeness (QED) is 0.800. The zero-order chi connectivity index (χ0) is 12.1. The minimum atomic E-state index is 0.00757. The van der Waals surface area contributed by atoms with E-state index >= 15 is 0 Å². The highest BCUT2D eigenvalue weighted by molar-refractivity contribution is 5.76. The molecule has 0 bridgehead atoms. The van der Waals surface area contributed by atoms with E-state index in [1.165, 1.54) is 6.42 Å². The Morgan fingerprint density at radius 1 is 1.38 bits per heavy atom. The van der Waals surface area contributed by atoms with Crippen LogP contribution in [0.4, 0.5) is 0 Å². The largest absolute Gasteiger partial charge is 0.343 e. The molecule has 0 aromatic heterocycles. The lowest BCUT2D eigenvalue weighted by Gasteiger charge is -2.23. The van der Waals surface area contributed by atoms with Gasteiger partial charge in [0, 0.05) is 25.6 Å². The van der Waals surface area contributed by atoms with E-state index in [0.29, 0.717) is 12.3 Å². The molecule has 16 heavy (non-hydrogen) atoms. The molecule has 3 heteroatoms. The summed E-state index contributed by atoms with van der Waals surface area (Å²) in [5.74, 6) is 1.39. The number of nitrogens with two attached hydrogens (primary N) is 1. The summed E-state index contributed by atoms with van der Waals surface area (Å²) in [7, 11) is 0. The minimum Gasteiger partial charge on any atom is -0.343 e. The van der Waals surface area contributed by atoms with Gasteiger partial charge < -0.3 is 10.6 Å². The summed E-state index contributed by atoms with van der Waals surface area (Å²) in [6.07, 6.45) is 4.04. The van der Waals surface area contributed by atoms with E-state index in [9.17, 15) is 4.79 Å². The Hall–Kier alpha value is -0.570. The van der Waals surface area contributed by atoms with E-state index in [1.807, 2.05) is 4.90 Å². The molecule has 2 N–H and O–H groups in total. The molecule has 0 aromatic carbocycles. The third kappa shape index (κ3) is 4.12. The molecule has 0 aliphatic carbocycles. The molecule has 0 aromatic rings. The Labute approximate surface area is 99.4 Å². The summed E-state index contributed by atoms with van der Waals surface area (Å²) in [4.78, 5) is 14.0. The first-order chi connectivity index (χ1) is 7.50. The molecule has 0 spiro atoms. The maximum Gasteiger partial charge on any atom is 0.224 e. The van der Waals surface area contributed by atoms with Crippen molar-refractivity contribution in [1.29, 1.82) is 0 Å². The van der Waals surface area contributed by atoms with E-state index in [1.54, 1.807) is 0 Å². The van der Waals surface area contributed by atoms with Gasteiger partial charge in [-0.05, 0) is 31.1 Å². The molecule has 0 saturated carbocycles. The molecule has 1 saturated heterocycles. The molecular weight excluding hydrogens is 200 g/mol. The number of carbonyl (C=O) groups is 1. The van der Waals surface area contributed by atoms with Crippen molar-refractivity contribution in [3.63, 3.8) is 0 Å². The van der Waals surface area contributed by atoms with Crippen LogP contribution in [-0.4, -0.2) is 29.9 Å². The van der Waals surface area contributed by atoms with Crippen LogP contribution in [0, 0.1) is 11.8 Å². The first-order valence-electron chi connectivity index (χ1n) is 6.54. The van der Waals surface area contributed by atoms with Crippen molar-refractivity contribution >= 4 is 5.91 Å². The summed E-state index contributed by atoms with van der Waals surface area (Å²) in [6.45, 7) is 8.26. The lowest BCUT2D eigenvalue weighted by atomic mass is 10.0. The predicted octanol–water partition coefficient (Wildman–Crippen LogP) is 2.01. The van der Waals surface area contributed by atoms with Gasteiger partial charge in [0.2, 0.25) is 5.91 Å². The van der Waals surface area contributed by atoms with Crippen LogP contribution in [0.15, 0.2) is 0 Å². The highest BCUT2D eigenvalue weighted by atomic mass is 16.2. The van der Waals surface area contributed by atoms with Crippen LogP contribution >= 0.6 is 0 Å². The molecule has 2 atom stereocenters. The topological polar surface area (TPSA) is 46.3 Å². The summed E-state index contributed by atoms with van der Waals surface area (Å²) in [5, 5.41) is 0. The zero-order valence-corrected chi connectivity index (χ0v) is 10.9. The van der Waals surface area contributed by atoms with Gasteiger partial charge in [-0.1, -0.05) is 20.8 Å². The average molecular weight is 226 g/mol. The van der Waals surface area contributed by atoms with Crippen molar-refractivity contribution in [2.45, 2.75) is 52.5 Å². The average Bonchev–Trinajstić information content (AvgIpc) is 2.42. The minimum absolute atomic E-state index is 0.00757. The second-order valence-corrected chi connectivity index (χ2v) is 5.53. The highest BCUT2D eigenvalue weighted by Gasteiger charge is 2.21. The monoisotopic (exact) mass is 226 g/mol. The maximum atomic E-state index is 12.0. The molecule has 1 heterocycles. The number of likely N-dealkylation sites (tertiary alicyclic amines) is 1. The lowest BCUT2D eigenvalue weighted by molar-refractivity contribution is -0.131. The number of amides is 1. The Morgan fingerprint density at radius 3 is 2.69 bits per heavy atom. The fourth-order valence-corrected chi connectivity index (χ4v) is 2.08. The van der Waals surface area contributed by atoms with Gasteiger partial charge >= 0.3 is 0 Å². The van der Waals surface area contributed by atoms with Crippen molar-refractivity contribution in [2.75, 3.05) is 13.1 Å². The molecule has 1 amide bonds. The molecule has 1 aliphatic heterocycles. The predicted molar refractivity (Wildman–Crippen MR) is 67.0 cm³/mol. The van der Waals surface area contributed by atoms with Crippen LogP contribution in [0.5, 0.6) is 0 Å². The van der Waals surface area contributed by atoms with Gasteiger partial charge in [-0.3, -0.25) is 4.79 Å². The summed E-state index contributed by atoms with van der Waals surface area (Å²) < 4.78 is 0. The Kier molecular flexibility index (Phi) is 5.26. The van der Waals surface area contributed by atoms with Gasteiger partial charge in [-0.2, -0.15) is 0 Å². The van der Waals surface area contributed by atoms with Gasteiger partial charge in [0.25, 0.3) is 0 Å². The SMILES string of the molecule is CC1CCCN(C(=O)CC(N)C(C)C)CC1. The summed E-state index contributed by atoms with van der Waals surface area (Å²) >= 11 is 0. The second-order valence-electron chi connectivity index (χ2n) is 5.53. The molecule has 3 nitrogen and oxygen atoms in total. The normalized spacial score (nSPS) is 24.3. The Bertz CT molecular complexity index is 228. The highest BCUT2D eigenvalue weighted by Crippen LogP contribution is 2.17. The Morgan fingerprint density at radius 2 is 2.06 bits per heavy atom. The van der Waals surface area contributed by atoms with Crippen LogP contribution < -0.4 is 5.73 Å². The van der Waals surface area contributed by atoms with E-state index in [2.05, 4.69) is 20.8 Å². The van der Waals surface area contributed by atoms with Crippen molar-refractivity contribution in [3.8, 4) is 0 Å². The van der Waals surface area contributed by atoms with Gasteiger partial charge in [-0.15, -0.1) is 0 Å². The number of hydrogen-bond acceptors (Lipinski definition) is 2. The third-order valence-corrected chi connectivity index (χ3v) is 3.64. The third-order valence-electron chi connectivity index (χ3n) is 3.64. The smallest absolute Gasteiger partial charge is 0.224 e. The van der Waals surface area contributed by atoms with Crippen molar-refractivity contribution in [3.05, 3.63) is 0 Å². The molecule has 2 unspecified atom stereocenters. The summed E-state index contributed by atoms with van der Waals surface area (Å²) in [5.41, 5.74) is 5.94. The molecule has 1 rings (SSSR count). The lowest BCUT2D eigenvalue weighted by Crippen LogP contribution is -2.38. The molecule has 1 aliphatic rings. The van der Waals surface area contributed by atoms with Crippen LogP contribution in [0.1, 0.15) is 46.5 Å².